The van der Waals surface area contributed by atoms with Crippen molar-refractivity contribution in [3.05, 3.63) is 47.2 Å². The van der Waals surface area contributed by atoms with E-state index in [0.29, 0.717) is 0 Å². The molecular weight excluding hydrogens is 264 g/mol. The van der Waals surface area contributed by atoms with E-state index in [1.54, 1.807) is 25.1 Å². The summed E-state index contributed by atoms with van der Waals surface area (Å²) >= 11 is 0. The first-order valence-electron chi connectivity index (χ1n) is 5.83. The molecule has 1 rings (SSSR count). The van der Waals surface area contributed by atoms with Crippen molar-refractivity contribution >= 4 is 17.9 Å². The molecule has 0 unspecified atom stereocenters. The van der Waals surface area contributed by atoms with Crippen LogP contribution in [-0.2, 0) is 19.1 Å². The van der Waals surface area contributed by atoms with Crippen LogP contribution >= 0.6 is 0 Å². The first-order valence-corrected chi connectivity index (χ1v) is 5.83. The molecule has 20 heavy (non-hydrogen) atoms. The van der Waals surface area contributed by atoms with Gasteiger partial charge in [-0.15, -0.1) is 0 Å². The van der Waals surface area contributed by atoms with Crippen molar-refractivity contribution < 1.29 is 29.0 Å². The number of esters is 2. The molecule has 0 saturated heterocycles. The van der Waals surface area contributed by atoms with Crippen molar-refractivity contribution in [2.45, 2.75) is 13.3 Å². The lowest BCUT2D eigenvalue weighted by Gasteiger charge is -2.09. The van der Waals surface area contributed by atoms with E-state index in [2.05, 4.69) is 4.74 Å². The number of ether oxygens (including phenoxy) is 2. The highest BCUT2D eigenvalue weighted by atomic mass is 16.6. The number of carboxylic acids is 1. The number of carbonyl (C=O) groups is 3. The van der Waals surface area contributed by atoms with E-state index in [-0.39, 0.29) is 17.6 Å². The Bertz CT molecular complexity index is 544. The van der Waals surface area contributed by atoms with E-state index in [4.69, 9.17) is 9.84 Å². The highest BCUT2D eigenvalue weighted by Crippen LogP contribution is 2.15. The lowest BCUT2D eigenvalue weighted by atomic mass is 10.1. The molecule has 6 heteroatoms. The molecule has 0 heterocycles. The zero-order chi connectivity index (χ0) is 15.1. The summed E-state index contributed by atoms with van der Waals surface area (Å²) in [7, 11) is 1.12. The van der Waals surface area contributed by atoms with Gasteiger partial charge in [-0.25, -0.2) is 14.4 Å². The van der Waals surface area contributed by atoms with Gasteiger partial charge in [0, 0.05) is 0 Å². The first kappa shape index (κ1) is 15.4. The van der Waals surface area contributed by atoms with Crippen molar-refractivity contribution in [1.29, 1.82) is 0 Å². The number of benzene rings is 1. The average Bonchev–Trinajstić information content (AvgIpc) is 2.47. The monoisotopic (exact) mass is 278 g/mol. The van der Waals surface area contributed by atoms with Gasteiger partial charge in [-0.1, -0.05) is 25.1 Å². The van der Waals surface area contributed by atoms with Crippen molar-refractivity contribution in [1.82, 2.24) is 0 Å². The van der Waals surface area contributed by atoms with Crippen molar-refractivity contribution in [3.8, 4) is 0 Å². The molecule has 0 spiro atoms. The van der Waals surface area contributed by atoms with Crippen LogP contribution in [0.5, 0.6) is 0 Å². The van der Waals surface area contributed by atoms with Crippen LogP contribution in [0.15, 0.2) is 41.7 Å². The molecule has 0 aromatic heterocycles. The van der Waals surface area contributed by atoms with E-state index in [1.807, 2.05) is 0 Å². The Hall–Kier alpha value is -2.63. The number of aliphatic carboxylic acids is 1. The van der Waals surface area contributed by atoms with E-state index >= 15 is 0 Å². The highest BCUT2D eigenvalue weighted by Gasteiger charge is 2.24. The zero-order valence-electron chi connectivity index (χ0n) is 11.1. The third-order valence-corrected chi connectivity index (χ3v) is 2.46. The van der Waals surface area contributed by atoms with Crippen molar-refractivity contribution in [2.75, 3.05) is 7.11 Å². The van der Waals surface area contributed by atoms with Gasteiger partial charge < -0.3 is 14.6 Å². The maximum Gasteiger partial charge on any atom is 0.372 e. The summed E-state index contributed by atoms with van der Waals surface area (Å²) < 4.78 is 9.28. The van der Waals surface area contributed by atoms with Crippen LogP contribution < -0.4 is 0 Å². The van der Waals surface area contributed by atoms with E-state index in [0.717, 1.165) is 7.11 Å². The molecule has 0 saturated carbocycles. The Morgan fingerprint density at radius 1 is 1.15 bits per heavy atom. The Morgan fingerprint density at radius 2 is 1.75 bits per heavy atom. The van der Waals surface area contributed by atoms with Gasteiger partial charge >= 0.3 is 17.9 Å². The van der Waals surface area contributed by atoms with Crippen LogP contribution in [-0.4, -0.2) is 30.1 Å². The topological polar surface area (TPSA) is 89.9 Å². The molecule has 0 amide bonds. The van der Waals surface area contributed by atoms with E-state index in [1.165, 1.54) is 12.1 Å². The summed E-state index contributed by atoms with van der Waals surface area (Å²) in [5, 5.41) is 9.07. The largest absolute Gasteiger partial charge is 0.475 e. The molecule has 0 aliphatic heterocycles. The molecule has 1 N–H and O–H groups in total. The Labute approximate surface area is 115 Å². The fraction of sp³-hybridized carbons (Fsp3) is 0.214. The standard InChI is InChI=1S/C14H14O6/c1-3-10(14(18)19-2)11(12(15)16)20-13(17)9-7-5-4-6-8-9/h4-8H,3H2,1-2H3,(H,15,16). The highest BCUT2D eigenvalue weighted by molar-refractivity contribution is 6.01. The minimum atomic E-state index is -1.50. The van der Waals surface area contributed by atoms with Gasteiger partial charge in [-0.3, -0.25) is 0 Å². The minimum absolute atomic E-state index is 0.0658. The molecule has 0 aliphatic carbocycles. The SMILES string of the molecule is CCC(C(=O)OC)=C(OC(=O)c1ccccc1)C(=O)O. The van der Waals surface area contributed by atoms with Crippen LogP contribution in [0.3, 0.4) is 0 Å². The predicted octanol–water partition coefficient (Wildman–Crippen LogP) is 1.77. The predicted molar refractivity (Wildman–Crippen MR) is 68.8 cm³/mol. The summed E-state index contributed by atoms with van der Waals surface area (Å²) in [5.74, 6) is -3.91. The summed E-state index contributed by atoms with van der Waals surface area (Å²) in [5.41, 5.74) is -0.0177. The van der Waals surface area contributed by atoms with Crippen molar-refractivity contribution in [2.24, 2.45) is 0 Å². The molecule has 0 aliphatic rings. The second-order valence-electron chi connectivity index (χ2n) is 3.71. The minimum Gasteiger partial charge on any atom is -0.475 e. The van der Waals surface area contributed by atoms with E-state index < -0.39 is 23.7 Å². The number of carbonyl (C=O) groups excluding carboxylic acids is 2. The summed E-state index contributed by atoms with van der Waals surface area (Å²) in [6.07, 6.45) is 0.0658. The maximum absolute atomic E-state index is 11.8. The van der Waals surface area contributed by atoms with Gasteiger partial charge in [-0.2, -0.15) is 0 Å². The Morgan fingerprint density at radius 3 is 2.20 bits per heavy atom. The van der Waals surface area contributed by atoms with Gasteiger partial charge in [0.2, 0.25) is 5.76 Å². The van der Waals surface area contributed by atoms with Gasteiger partial charge in [0.1, 0.15) is 0 Å². The molecule has 0 fully saturated rings. The van der Waals surface area contributed by atoms with Crippen LogP contribution in [0, 0.1) is 0 Å². The number of carboxylic acid groups (broad SMARTS) is 1. The quantitative estimate of drug-likeness (QED) is 0.501. The molecule has 106 valence electrons. The lowest BCUT2D eigenvalue weighted by molar-refractivity contribution is -0.140. The van der Waals surface area contributed by atoms with Crippen LogP contribution in [0.2, 0.25) is 0 Å². The first-order chi connectivity index (χ1) is 9.51. The fourth-order valence-electron chi connectivity index (χ4n) is 1.48. The molecule has 1 aromatic carbocycles. The zero-order valence-corrected chi connectivity index (χ0v) is 11.1. The molecular formula is C14H14O6. The Kier molecular flexibility index (Phi) is 5.46. The van der Waals surface area contributed by atoms with Crippen LogP contribution in [0.4, 0.5) is 0 Å². The third kappa shape index (κ3) is 3.68. The van der Waals surface area contributed by atoms with Crippen molar-refractivity contribution in [3.63, 3.8) is 0 Å². The maximum atomic E-state index is 11.8. The van der Waals surface area contributed by atoms with Gasteiger partial charge in [0.25, 0.3) is 0 Å². The normalized spacial score (nSPS) is 11.3. The number of hydrogen-bond donors (Lipinski definition) is 1. The number of hydrogen-bond acceptors (Lipinski definition) is 5. The van der Waals surface area contributed by atoms with Gasteiger partial charge in [-0.05, 0) is 18.6 Å². The summed E-state index contributed by atoms with van der Waals surface area (Å²) in [6, 6.07) is 7.89. The molecule has 6 nitrogen and oxygen atoms in total. The Balaban J connectivity index is 3.10. The van der Waals surface area contributed by atoms with Gasteiger partial charge in [0.05, 0.1) is 18.2 Å². The molecule has 1 aromatic rings. The average molecular weight is 278 g/mol. The molecule has 0 radical (unpaired) electrons. The number of methoxy groups -OCH3 is 1. The molecule has 0 bridgehead atoms. The van der Waals surface area contributed by atoms with Gasteiger partial charge in [0.15, 0.2) is 0 Å². The second-order valence-corrected chi connectivity index (χ2v) is 3.71. The summed E-state index contributed by atoms with van der Waals surface area (Å²) in [6.45, 7) is 1.56. The van der Waals surface area contributed by atoms with Crippen LogP contribution in [0.1, 0.15) is 23.7 Å². The fourth-order valence-corrected chi connectivity index (χ4v) is 1.48. The molecule has 0 atom stereocenters. The summed E-state index contributed by atoms with van der Waals surface area (Å²) in [4.78, 5) is 34.4. The number of rotatable bonds is 5. The smallest absolute Gasteiger partial charge is 0.372 e. The van der Waals surface area contributed by atoms with Crippen LogP contribution in [0.25, 0.3) is 0 Å². The third-order valence-electron chi connectivity index (χ3n) is 2.46. The lowest BCUT2D eigenvalue weighted by Crippen LogP contribution is -2.18. The van der Waals surface area contributed by atoms with E-state index in [9.17, 15) is 14.4 Å². The second kappa shape index (κ2) is 7.08.